The van der Waals surface area contributed by atoms with E-state index in [0.29, 0.717) is 37.3 Å². The van der Waals surface area contributed by atoms with Crippen molar-refractivity contribution in [3.63, 3.8) is 0 Å². The molecule has 2 aromatic rings. The van der Waals surface area contributed by atoms with Gasteiger partial charge >= 0.3 is 0 Å². The number of hydrogen-bond acceptors (Lipinski definition) is 7. The molecule has 0 saturated carbocycles. The third kappa shape index (κ3) is 6.00. The van der Waals surface area contributed by atoms with Crippen molar-refractivity contribution in [1.29, 1.82) is 10.8 Å². The van der Waals surface area contributed by atoms with Crippen molar-refractivity contribution in [1.82, 2.24) is 25.1 Å². The van der Waals surface area contributed by atoms with Gasteiger partial charge < -0.3 is 35.0 Å². The van der Waals surface area contributed by atoms with Gasteiger partial charge in [-0.25, -0.2) is 9.98 Å². The topological polar surface area (TPSA) is 124 Å². The Bertz CT molecular complexity index is 1130. The highest BCUT2D eigenvalue weighted by Crippen LogP contribution is 2.34. The molecule has 1 fully saturated rings. The minimum absolute atomic E-state index is 0.000246. The largest absolute Gasteiger partial charge is 0.491 e. The molecule has 10 heteroatoms. The van der Waals surface area contributed by atoms with Crippen molar-refractivity contribution in [2.45, 2.75) is 38.5 Å². The molecule has 0 aliphatic carbocycles. The van der Waals surface area contributed by atoms with Gasteiger partial charge in [-0.2, -0.15) is 0 Å². The van der Waals surface area contributed by atoms with Gasteiger partial charge in [0.2, 0.25) is 0 Å². The fraction of sp³-hybridized carbons (Fsp3) is 0.462. The predicted octanol–water partition coefficient (Wildman–Crippen LogP) is 2.59. The Morgan fingerprint density at radius 3 is 2.83 bits per heavy atom. The van der Waals surface area contributed by atoms with Crippen molar-refractivity contribution in [3.8, 4) is 17.1 Å². The molecule has 2 aliphatic rings. The van der Waals surface area contributed by atoms with Gasteiger partial charge in [0.1, 0.15) is 30.2 Å². The standard InChI is InChI=1S/C26H36N8O2/c1-18(35-3)15-29-25(30-17-28)23-16-34-12-13-36-24-14-19(4-5-21(24)26(34)32-23)22(6-9-27)31-20-7-10-33(2)11-8-20/h4-6,9,14,16-18,20,27,31H,7-8,10-13,15H2,1-3H3,(H2,28,29,30)/b22-6-,27-9?. The molecule has 1 saturated heterocycles. The Labute approximate surface area is 212 Å². The number of amidine groups is 1. The zero-order valence-corrected chi connectivity index (χ0v) is 21.3. The molecular weight excluding hydrogens is 456 g/mol. The van der Waals surface area contributed by atoms with Crippen LogP contribution in [0.4, 0.5) is 0 Å². The summed E-state index contributed by atoms with van der Waals surface area (Å²) in [5, 5.41) is 22.0. The number of ether oxygens (including phenoxy) is 2. The number of rotatable bonds is 9. The first-order valence-electron chi connectivity index (χ1n) is 12.4. The van der Waals surface area contributed by atoms with E-state index in [1.165, 1.54) is 6.21 Å². The Balaban J connectivity index is 1.60. The Morgan fingerprint density at radius 1 is 1.31 bits per heavy atom. The maximum absolute atomic E-state index is 7.67. The van der Waals surface area contributed by atoms with Crippen LogP contribution in [-0.4, -0.2) is 85.4 Å². The van der Waals surface area contributed by atoms with Crippen molar-refractivity contribution >= 4 is 24.1 Å². The molecule has 1 aromatic carbocycles. The lowest BCUT2D eigenvalue weighted by Gasteiger charge is -2.31. The van der Waals surface area contributed by atoms with E-state index >= 15 is 0 Å². The minimum Gasteiger partial charge on any atom is -0.491 e. The molecule has 3 heterocycles. The zero-order chi connectivity index (χ0) is 25.5. The summed E-state index contributed by atoms with van der Waals surface area (Å²) in [4.78, 5) is 11.4. The molecule has 0 bridgehead atoms. The zero-order valence-electron chi connectivity index (χ0n) is 21.3. The number of piperidine rings is 1. The van der Waals surface area contributed by atoms with Crippen LogP contribution >= 0.6 is 0 Å². The number of allylic oxidation sites excluding steroid dienone is 1. The van der Waals surface area contributed by atoms with Crippen molar-refractivity contribution in [2.75, 3.05) is 40.4 Å². The highest BCUT2D eigenvalue weighted by atomic mass is 16.5. The SMILES string of the molecule is COC(C)CN/C(=N\C=N)c1cn2c(n1)-c1ccc(/C(=C/C=N)NC3CCN(C)CC3)cc1OCC2. The van der Waals surface area contributed by atoms with Crippen LogP contribution in [0.3, 0.4) is 0 Å². The predicted molar refractivity (Wildman–Crippen MR) is 143 cm³/mol. The molecule has 0 radical (unpaired) electrons. The smallest absolute Gasteiger partial charge is 0.155 e. The average molecular weight is 493 g/mol. The summed E-state index contributed by atoms with van der Waals surface area (Å²) >= 11 is 0. The fourth-order valence-electron chi connectivity index (χ4n) is 4.44. The number of nitrogens with zero attached hydrogens (tertiary/aromatic N) is 4. The highest BCUT2D eigenvalue weighted by Gasteiger charge is 2.22. The Kier molecular flexibility index (Phi) is 8.50. The number of fused-ring (bicyclic) bond motifs is 3. The monoisotopic (exact) mass is 492 g/mol. The lowest BCUT2D eigenvalue weighted by atomic mass is 10.0. The maximum Gasteiger partial charge on any atom is 0.155 e. The lowest BCUT2D eigenvalue weighted by Crippen LogP contribution is -2.40. The molecule has 0 amide bonds. The summed E-state index contributed by atoms with van der Waals surface area (Å²) in [7, 11) is 3.82. The van der Waals surface area contributed by atoms with Crippen molar-refractivity contribution < 1.29 is 9.47 Å². The Hall–Kier alpha value is -3.50. The molecule has 4 N–H and O–H groups in total. The third-order valence-electron chi connectivity index (χ3n) is 6.62. The van der Waals surface area contributed by atoms with Crippen LogP contribution in [-0.2, 0) is 11.3 Å². The summed E-state index contributed by atoms with van der Waals surface area (Å²) < 4.78 is 13.5. The number of aromatic nitrogens is 2. The molecule has 1 aromatic heterocycles. The van der Waals surface area contributed by atoms with Crippen molar-refractivity contribution in [3.05, 3.63) is 41.7 Å². The van der Waals surface area contributed by atoms with Gasteiger partial charge in [0.25, 0.3) is 0 Å². The normalized spacial score (nSPS) is 17.9. The number of imidazole rings is 1. The van der Waals surface area contributed by atoms with Crippen LogP contribution in [0.1, 0.15) is 31.0 Å². The van der Waals surface area contributed by atoms with E-state index in [1.54, 1.807) is 7.11 Å². The summed E-state index contributed by atoms with van der Waals surface area (Å²) in [6, 6.07) is 6.49. The molecule has 0 spiro atoms. The van der Waals surface area contributed by atoms with E-state index in [-0.39, 0.29) is 6.10 Å². The van der Waals surface area contributed by atoms with E-state index < -0.39 is 0 Å². The summed E-state index contributed by atoms with van der Waals surface area (Å²) in [6.45, 7) is 5.81. The molecule has 1 unspecified atom stereocenters. The molecule has 36 heavy (non-hydrogen) atoms. The third-order valence-corrected chi connectivity index (χ3v) is 6.62. The van der Waals surface area contributed by atoms with Gasteiger partial charge in [0.05, 0.1) is 18.2 Å². The lowest BCUT2D eigenvalue weighted by molar-refractivity contribution is 0.121. The molecular formula is C26H36N8O2. The molecule has 2 aliphatic heterocycles. The average Bonchev–Trinajstić information content (AvgIpc) is 3.23. The van der Waals surface area contributed by atoms with E-state index in [9.17, 15) is 0 Å². The molecule has 1 atom stereocenters. The summed E-state index contributed by atoms with van der Waals surface area (Å²) in [5.41, 5.74) is 3.48. The van der Waals surface area contributed by atoms with Gasteiger partial charge in [0.15, 0.2) is 5.84 Å². The number of aliphatic imine (C=N–C) groups is 1. The van der Waals surface area contributed by atoms with E-state index in [0.717, 1.165) is 60.7 Å². The van der Waals surface area contributed by atoms with Gasteiger partial charge in [-0.05, 0) is 58.1 Å². The van der Waals surface area contributed by atoms with Crippen LogP contribution in [0.5, 0.6) is 5.75 Å². The van der Waals surface area contributed by atoms with E-state index in [2.05, 4.69) is 38.2 Å². The van der Waals surface area contributed by atoms with Crippen LogP contribution in [0.2, 0.25) is 0 Å². The first-order valence-corrected chi connectivity index (χ1v) is 12.4. The van der Waals surface area contributed by atoms with E-state index in [4.69, 9.17) is 25.3 Å². The fourth-order valence-corrected chi connectivity index (χ4v) is 4.44. The second kappa shape index (κ2) is 12.0. The van der Waals surface area contributed by atoms with Crippen molar-refractivity contribution in [2.24, 2.45) is 4.99 Å². The minimum atomic E-state index is 0.000246. The van der Waals surface area contributed by atoms with Crippen LogP contribution < -0.4 is 15.4 Å². The van der Waals surface area contributed by atoms with Gasteiger partial charge in [-0.1, -0.05) is 6.07 Å². The summed E-state index contributed by atoms with van der Waals surface area (Å²) in [5.74, 6) is 2.09. The second-order valence-electron chi connectivity index (χ2n) is 9.21. The number of nitrogens with one attached hydrogen (secondary N) is 4. The Morgan fingerprint density at radius 2 is 2.11 bits per heavy atom. The van der Waals surface area contributed by atoms with E-state index in [1.807, 2.05) is 31.3 Å². The maximum atomic E-state index is 7.67. The van der Waals surface area contributed by atoms with Gasteiger partial charge in [0, 0.05) is 43.4 Å². The quantitative estimate of drug-likeness (QED) is 0.315. The number of hydrogen-bond donors (Lipinski definition) is 4. The van der Waals surface area contributed by atoms with Crippen LogP contribution in [0.25, 0.3) is 17.1 Å². The first kappa shape index (κ1) is 25.6. The molecule has 10 nitrogen and oxygen atoms in total. The number of benzene rings is 1. The van der Waals surface area contributed by atoms with Crippen LogP contribution in [0.15, 0.2) is 35.5 Å². The van der Waals surface area contributed by atoms with Gasteiger partial charge in [-0.3, -0.25) is 5.41 Å². The number of likely N-dealkylation sites (tertiary alicyclic amines) is 1. The van der Waals surface area contributed by atoms with Gasteiger partial charge in [-0.15, -0.1) is 0 Å². The highest BCUT2D eigenvalue weighted by molar-refractivity contribution is 6.01. The molecule has 4 rings (SSSR count). The molecule has 192 valence electrons. The first-order chi connectivity index (χ1) is 17.5. The van der Waals surface area contributed by atoms with Crippen LogP contribution in [0, 0.1) is 10.8 Å². The number of methoxy groups -OCH3 is 1. The second-order valence-corrected chi connectivity index (χ2v) is 9.21. The summed E-state index contributed by atoms with van der Waals surface area (Å²) in [6.07, 6.45) is 8.24.